The fourth-order valence-electron chi connectivity index (χ4n) is 14.2. The van der Waals surface area contributed by atoms with Gasteiger partial charge in [-0.1, -0.05) is 158 Å². The van der Waals surface area contributed by atoms with Gasteiger partial charge in [0.1, 0.15) is 62.4 Å². The normalized spacial score (nSPS) is 23.5. The number of amides is 4. The maximum absolute atomic E-state index is 14.7. The van der Waals surface area contributed by atoms with Crippen molar-refractivity contribution in [3.8, 4) is 11.1 Å². The zero-order chi connectivity index (χ0) is 83.5. The van der Waals surface area contributed by atoms with E-state index in [4.69, 9.17) is 66.3 Å². The predicted octanol–water partition coefficient (Wildman–Crippen LogP) is 8.02. The minimum Gasteiger partial charge on any atom is -0.480 e. The summed E-state index contributed by atoms with van der Waals surface area (Å²) in [4.78, 5) is 170. The van der Waals surface area contributed by atoms with Crippen molar-refractivity contribution in [3.63, 3.8) is 0 Å². The quantitative estimate of drug-likeness (QED) is 0.0210. The molecule has 8 aromatic rings. The molecule has 0 bridgehead atoms. The number of carbonyl (C=O) groups is 12. The number of carboxylic acids is 1. The third-order valence-corrected chi connectivity index (χ3v) is 19.6. The molecular weight excluding hydrogens is 1530 g/mol. The van der Waals surface area contributed by atoms with Gasteiger partial charge in [-0.05, 0) is 102 Å². The number of fused-ring (bicyclic) bond motifs is 3. The second kappa shape index (κ2) is 39.5. The highest BCUT2D eigenvalue weighted by molar-refractivity contribution is 5.93. The SMILES string of the molecule is CC(=O)N[C@H]1[C@@H](O[C@H](C)[C@H](NC(=O)OCC2c3ccccc3-c3ccccc32)C(=O)O)O[C@H](CO[C@@H]2O[C@H](COC(=O)c3ccccc3)[C@@H](OC(=O)c3ccccc3)[C@H](OC(=O)c3ccccc3)[C@H]2NC(C)=O)[C@H](OC(C)=O)[C@@H]1O[C@@H]1O[C@H](COC(=O)c2ccccc2)[C@@H](OC(=O)c2ccccc2)[C@H](OC(=O)c2ccccc2)[C@H]1NC(C)=O. The third-order valence-electron chi connectivity index (χ3n) is 19.6. The molecule has 12 rings (SSSR count). The summed E-state index contributed by atoms with van der Waals surface area (Å²) >= 11 is 0. The summed E-state index contributed by atoms with van der Waals surface area (Å²) in [5.41, 5.74) is 3.48. The van der Waals surface area contributed by atoms with Crippen LogP contribution in [-0.4, -0.2) is 207 Å². The van der Waals surface area contributed by atoms with Crippen LogP contribution in [0.15, 0.2) is 231 Å². The number of rotatable bonds is 30. The first-order chi connectivity index (χ1) is 57.0. The molecule has 1 aliphatic carbocycles. The van der Waals surface area contributed by atoms with E-state index in [0.717, 1.165) is 49.9 Å². The average molecular weight is 1620 g/mol. The number of nitrogens with one attached hydrogen (secondary N) is 4. The summed E-state index contributed by atoms with van der Waals surface area (Å²) < 4.78 is 89.5. The van der Waals surface area contributed by atoms with Crippen LogP contribution >= 0.6 is 0 Å². The number of hydrogen-bond acceptors (Lipinski definition) is 26. The Morgan fingerprint density at radius 1 is 0.356 bits per heavy atom. The Morgan fingerprint density at radius 3 is 1.06 bits per heavy atom. The topological polar surface area (TPSA) is 402 Å². The Kier molecular flexibility index (Phi) is 28.3. The highest BCUT2D eigenvalue weighted by atomic mass is 16.8. The van der Waals surface area contributed by atoms with E-state index >= 15 is 0 Å². The van der Waals surface area contributed by atoms with Crippen LogP contribution in [0.3, 0.4) is 0 Å². The molecule has 3 fully saturated rings. The first kappa shape index (κ1) is 84.4. The van der Waals surface area contributed by atoms with E-state index in [-0.39, 0.29) is 40.0 Å². The number of carboxylic acid groups (broad SMARTS) is 1. The first-order valence-corrected chi connectivity index (χ1v) is 37.7. The number of benzene rings is 8. The molecule has 31 nitrogen and oxygen atoms in total. The van der Waals surface area contributed by atoms with Crippen molar-refractivity contribution in [2.24, 2.45) is 0 Å². The van der Waals surface area contributed by atoms with Gasteiger partial charge < -0.3 is 92.7 Å². The molecule has 0 saturated carbocycles. The zero-order valence-corrected chi connectivity index (χ0v) is 64.2. The van der Waals surface area contributed by atoms with Crippen molar-refractivity contribution in [2.45, 2.75) is 145 Å². The second-order valence-corrected chi connectivity index (χ2v) is 27.8. The Morgan fingerprint density at radius 2 is 0.678 bits per heavy atom. The van der Waals surface area contributed by atoms with E-state index in [9.17, 15) is 62.6 Å². The Hall–Kier alpha value is -13.0. The Balaban J connectivity index is 0.959. The van der Waals surface area contributed by atoms with Crippen LogP contribution in [0, 0.1) is 0 Å². The fraction of sp³-hybridized carbons (Fsp3) is 0.310. The standard InChI is InChI=1S/C87H84N4O27/c1-48(67(77(96)97)91-87(104)108-44-63-61-42-26-24-40-59(61)60-41-25-27-43-62(60)63)109-85-70(90-51(4)94)76(118-86-69(89-50(3)93)75(117-83(103)58-38-22-11-23-39-58)73(115-81(101)56-34-18-9-19-35-56)65(113-86)46-106-79(99)54-30-14-7-15-31-54)71(110-52(5)95)66(112-85)47-107-84-68(88-49(2)92)74(116-82(102)57-36-20-10-21-37-57)72(114-80(100)55-32-16-8-17-33-55)64(111-84)45-105-78(98)53-28-12-6-13-29-53/h6-43,48,63-76,84-86H,44-47H2,1-5H3,(H,88,92)(H,89,93)(H,90,94)(H,91,104)(H,96,97)/t48-,64-,65-,66-,67+,68-,69-,70-,71+,72-,73-,74-,75-,76-,84-,85+,86+/m1/s1. The molecule has 118 heavy (non-hydrogen) atoms. The molecule has 4 amide bonds. The lowest BCUT2D eigenvalue weighted by Gasteiger charge is -2.50. The molecule has 0 aromatic heterocycles. The lowest BCUT2D eigenvalue weighted by atomic mass is 9.93. The molecular formula is C87H84N4O27. The van der Waals surface area contributed by atoms with Crippen molar-refractivity contribution in [1.29, 1.82) is 0 Å². The monoisotopic (exact) mass is 1620 g/mol. The summed E-state index contributed by atoms with van der Waals surface area (Å²) in [7, 11) is 0. The molecule has 614 valence electrons. The van der Waals surface area contributed by atoms with E-state index in [1.54, 1.807) is 72.8 Å². The van der Waals surface area contributed by atoms with Gasteiger partial charge in [-0.2, -0.15) is 0 Å². The van der Waals surface area contributed by atoms with Crippen LogP contribution in [0.5, 0.6) is 0 Å². The van der Waals surface area contributed by atoms with Crippen molar-refractivity contribution < 1.29 is 129 Å². The van der Waals surface area contributed by atoms with Crippen molar-refractivity contribution in [1.82, 2.24) is 21.3 Å². The zero-order valence-electron chi connectivity index (χ0n) is 64.2. The Labute approximate surface area is 676 Å². The van der Waals surface area contributed by atoms with E-state index in [1.165, 1.54) is 116 Å². The molecule has 3 saturated heterocycles. The number of esters is 7. The van der Waals surface area contributed by atoms with Gasteiger partial charge in [-0.15, -0.1) is 0 Å². The van der Waals surface area contributed by atoms with Gasteiger partial charge in [0, 0.05) is 33.6 Å². The summed E-state index contributed by atoms with van der Waals surface area (Å²) in [6.45, 7) is 2.50. The van der Waals surface area contributed by atoms with E-state index in [1.807, 2.05) is 48.5 Å². The lowest BCUT2D eigenvalue weighted by Crippen LogP contribution is -2.71. The number of hydrogen-bond donors (Lipinski definition) is 5. The van der Waals surface area contributed by atoms with Crippen molar-refractivity contribution in [3.05, 3.63) is 275 Å². The van der Waals surface area contributed by atoms with E-state index in [2.05, 4.69) is 21.3 Å². The van der Waals surface area contributed by atoms with Crippen LogP contribution in [0.2, 0.25) is 0 Å². The van der Waals surface area contributed by atoms with Crippen LogP contribution in [0.4, 0.5) is 4.79 Å². The van der Waals surface area contributed by atoms with Gasteiger partial charge in [-0.3, -0.25) is 19.2 Å². The maximum atomic E-state index is 14.7. The molecule has 0 spiro atoms. The summed E-state index contributed by atoms with van der Waals surface area (Å²) in [5.74, 6) is -11.8. The highest BCUT2D eigenvalue weighted by Gasteiger charge is 2.59. The largest absolute Gasteiger partial charge is 0.480 e. The van der Waals surface area contributed by atoms with E-state index in [0.29, 0.717) is 0 Å². The molecule has 31 heteroatoms. The van der Waals surface area contributed by atoms with E-state index < -0.39 is 201 Å². The number of ether oxygens (including phenoxy) is 14. The van der Waals surface area contributed by atoms with Gasteiger partial charge in [0.05, 0.1) is 46.1 Å². The summed E-state index contributed by atoms with van der Waals surface area (Å²) in [5, 5.41) is 21.5. The third kappa shape index (κ3) is 21.2. The van der Waals surface area contributed by atoms with Gasteiger partial charge in [0.15, 0.2) is 55.4 Å². The van der Waals surface area contributed by atoms with Crippen molar-refractivity contribution in [2.75, 3.05) is 26.4 Å². The van der Waals surface area contributed by atoms with Gasteiger partial charge in [-0.25, -0.2) is 38.4 Å². The number of alkyl carbamates (subject to hydrolysis) is 1. The van der Waals surface area contributed by atoms with Crippen LogP contribution < -0.4 is 21.3 Å². The first-order valence-electron chi connectivity index (χ1n) is 37.7. The number of aliphatic carboxylic acids is 1. The predicted molar refractivity (Wildman–Crippen MR) is 411 cm³/mol. The van der Waals surface area contributed by atoms with Gasteiger partial charge in [0.25, 0.3) is 0 Å². The fourth-order valence-corrected chi connectivity index (χ4v) is 14.2. The second-order valence-electron chi connectivity index (χ2n) is 27.8. The van der Waals surface area contributed by atoms with Gasteiger partial charge >= 0.3 is 53.8 Å². The Bertz CT molecular complexity index is 4830. The molecule has 0 radical (unpaired) electrons. The van der Waals surface area contributed by atoms with Gasteiger partial charge in [0.2, 0.25) is 17.7 Å². The average Bonchev–Trinajstić information content (AvgIpc) is 1.40. The molecule has 5 N–H and O–H groups in total. The van der Waals surface area contributed by atoms with Crippen LogP contribution in [-0.2, 0) is 90.3 Å². The maximum Gasteiger partial charge on any atom is 0.407 e. The number of carbonyl (C=O) groups excluding carboxylic acids is 11. The minimum atomic E-state index is -2.15. The molecule has 3 heterocycles. The molecule has 0 unspecified atom stereocenters. The van der Waals surface area contributed by atoms with Crippen LogP contribution in [0.1, 0.15) is 114 Å². The smallest absolute Gasteiger partial charge is 0.407 e. The molecule has 17 atom stereocenters. The molecule has 3 aliphatic heterocycles. The summed E-state index contributed by atoms with van der Waals surface area (Å²) in [6.07, 6.45) is -26.2. The molecule has 4 aliphatic rings. The van der Waals surface area contributed by atoms with Crippen molar-refractivity contribution >= 4 is 71.6 Å². The minimum absolute atomic E-state index is 0.00161. The highest BCUT2D eigenvalue weighted by Crippen LogP contribution is 2.45. The molecule has 8 aromatic carbocycles. The summed E-state index contributed by atoms with van der Waals surface area (Å²) in [6, 6.07) is 52.9. The van der Waals surface area contributed by atoms with Crippen LogP contribution in [0.25, 0.3) is 11.1 Å². The lowest BCUT2D eigenvalue weighted by molar-refractivity contribution is -0.339.